The molecule has 3 fully saturated rings. The van der Waals surface area contributed by atoms with Crippen LogP contribution in [0.4, 0.5) is 0 Å². The van der Waals surface area contributed by atoms with E-state index in [1.165, 1.54) is 0 Å². The number of carbonyl (C=O) groups excluding carboxylic acids is 1. The van der Waals surface area contributed by atoms with Crippen LogP contribution in [-0.4, -0.2) is 76.1 Å². The van der Waals surface area contributed by atoms with Gasteiger partial charge in [0.25, 0.3) is 0 Å². The molecule has 1 aromatic rings. The summed E-state index contributed by atoms with van der Waals surface area (Å²) in [5.41, 5.74) is 0.564. The molecule has 6 nitrogen and oxygen atoms in total. The van der Waals surface area contributed by atoms with Crippen molar-refractivity contribution in [1.82, 2.24) is 10.2 Å². The van der Waals surface area contributed by atoms with E-state index in [1.807, 2.05) is 12.1 Å². The molecule has 0 aromatic heterocycles. The molecule has 2 unspecified atom stereocenters. The lowest BCUT2D eigenvalue weighted by atomic mass is 9.73. The Bertz CT molecular complexity index is 666. The maximum Gasteiger partial charge on any atom is 0.230 e. The lowest BCUT2D eigenvalue weighted by molar-refractivity contribution is -0.131. The van der Waals surface area contributed by atoms with Gasteiger partial charge in [-0.2, -0.15) is 0 Å². The first kappa shape index (κ1) is 21.2. The summed E-state index contributed by atoms with van der Waals surface area (Å²) in [4.78, 5) is 16.0. The summed E-state index contributed by atoms with van der Waals surface area (Å²) >= 11 is 3.50. The van der Waals surface area contributed by atoms with E-state index in [-0.39, 0.29) is 5.91 Å². The van der Waals surface area contributed by atoms with Crippen LogP contribution >= 0.6 is 15.9 Å². The van der Waals surface area contributed by atoms with Crippen molar-refractivity contribution in [3.05, 3.63) is 34.3 Å². The predicted molar refractivity (Wildman–Crippen MR) is 114 cm³/mol. The molecule has 0 bridgehead atoms. The highest BCUT2D eigenvalue weighted by Gasteiger charge is 2.42. The third kappa shape index (κ3) is 4.85. The van der Waals surface area contributed by atoms with Crippen molar-refractivity contribution in [3.8, 4) is 0 Å². The fourth-order valence-electron chi connectivity index (χ4n) is 4.86. The monoisotopic (exact) mass is 466 g/mol. The number of hydrogen-bond acceptors (Lipinski definition) is 5. The van der Waals surface area contributed by atoms with Crippen LogP contribution in [0.2, 0.25) is 0 Å². The quantitative estimate of drug-likeness (QED) is 0.696. The smallest absolute Gasteiger partial charge is 0.230 e. The summed E-state index contributed by atoms with van der Waals surface area (Å²) in [5.74, 6) is 0.590. The van der Waals surface area contributed by atoms with Crippen LogP contribution in [-0.2, 0) is 24.4 Å². The topological polar surface area (TPSA) is 60.0 Å². The van der Waals surface area contributed by atoms with Crippen molar-refractivity contribution >= 4 is 21.8 Å². The number of halogens is 1. The first-order valence-electron chi connectivity index (χ1n) is 10.7. The molecule has 7 heteroatoms. The van der Waals surface area contributed by atoms with Gasteiger partial charge < -0.3 is 19.5 Å². The molecule has 3 aliphatic rings. The highest BCUT2D eigenvalue weighted by atomic mass is 79.9. The van der Waals surface area contributed by atoms with Crippen LogP contribution in [0.25, 0.3) is 0 Å². The number of hydrogen-bond donors (Lipinski definition) is 1. The molecule has 0 radical (unpaired) electrons. The zero-order valence-electron chi connectivity index (χ0n) is 16.9. The van der Waals surface area contributed by atoms with Gasteiger partial charge in [0.15, 0.2) is 0 Å². The summed E-state index contributed by atoms with van der Waals surface area (Å²) < 4.78 is 17.8. The average Bonchev–Trinajstić information content (AvgIpc) is 3.30. The number of ether oxygens (including phenoxy) is 3. The van der Waals surface area contributed by atoms with Crippen LogP contribution < -0.4 is 5.32 Å². The molecule has 1 amide bonds. The SMILES string of the molecule is O=C(NCC(C1CCOC1)N1CCOCC1)C1(c2ccc(Br)cc2)CCOCC1. The van der Waals surface area contributed by atoms with Gasteiger partial charge in [-0.05, 0) is 37.0 Å². The number of nitrogens with one attached hydrogen (secondary N) is 1. The van der Waals surface area contributed by atoms with Gasteiger partial charge in [-0.25, -0.2) is 0 Å². The molecule has 0 spiro atoms. The van der Waals surface area contributed by atoms with Gasteiger partial charge in [-0.1, -0.05) is 28.1 Å². The second kappa shape index (κ2) is 9.88. The second-order valence-corrected chi connectivity index (χ2v) is 9.17. The Morgan fingerprint density at radius 3 is 2.41 bits per heavy atom. The van der Waals surface area contributed by atoms with Gasteiger partial charge in [-0.15, -0.1) is 0 Å². The van der Waals surface area contributed by atoms with Gasteiger partial charge in [-0.3, -0.25) is 9.69 Å². The van der Waals surface area contributed by atoms with Crippen LogP contribution in [0.5, 0.6) is 0 Å². The molecule has 3 saturated heterocycles. The molecular formula is C22H31BrN2O4. The number of amides is 1. The number of carbonyl (C=O) groups is 1. The first-order chi connectivity index (χ1) is 14.2. The Labute approximate surface area is 181 Å². The average molecular weight is 467 g/mol. The zero-order valence-corrected chi connectivity index (χ0v) is 18.5. The van der Waals surface area contributed by atoms with Crippen molar-refractivity contribution in [2.24, 2.45) is 5.92 Å². The van der Waals surface area contributed by atoms with Crippen molar-refractivity contribution in [1.29, 1.82) is 0 Å². The standard InChI is InChI=1S/C22H31BrN2O4/c23-19-3-1-18(2-4-19)22(6-11-27-12-7-22)21(26)24-15-20(17-5-10-29-16-17)25-8-13-28-14-9-25/h1-4,17,20H,5-16H2,(H,24,26). The molecule has 4 rings (SSSR count). The van der Waals surface area contributed by atoms with Crippen LogP contribution in [0.15, 0.2) is 28.7 Å². The fourth-order valence-corrected chi connectivity index (χ4v) is 5.13. The predicted octanol–water partition coefficient (Wildman–Crippen LogP) is 2.35. The molecule has 0 aliphatic carbocycles. The van der Waals surface area contributed by atoms with E-state index in [0.717, 1.165) is 68.8 Å². The maximum atomic E-state index is 13.6. The molecule has 160 valence electrons. The Balaban J connectivity index is 1.49. The Morgan fingerprint density at radius 2 is 1.76 bits per heavy atom. The summed E-state index contributed by atoms with van der Waals surface area (Å²) in [7, 11) is 0. The van der Waals surface area contributed by atoms with Gasteiger partial charge in [0.2, 0.25) is 5.91 Å². The minimum Gasteiger partial charge on any atom is -0.381 e. The fraction of sp³-hybridized carbons (Fsp3) is 0.682. The van der Waals surface area contributed by atoms with Gasteiger partial charge in [0.05, 0.1) is 25.2 Å². The molecule has 1 N–H and O–H groups in total. The van der Waals surface area contributed by atoms with Crippen LogP contribution in [0.3, 0.4) is 0 Å². The first-order valence-corrected chi connectivity index (χ1v) is 11.5. The van der Waals surface area contributed by atoms with E-state index < -0.39 is 5.41 Å². The normalized spacial score (nSPS) is 26.2. The Kier molecular flexibility index (Phi) is 7.24. The largest absolute Gasteiger partial charge is 0.381 e. The molecule has 2 atom stereocenters. The van der Waals surface area contributed by atoms with E-state index in [1.54, 1.807) is 0 Å². The van der Waals surface area contributed by atoms with Crippen molar-refractivity contribution in [3.63, 3.8) is 0 Å². The van der Waals surface area contributed by atoms with Gasteiger partial charge in [0, 0.05) is 55.9 Å². The summed E-state index contributed by atoms with van der Waals surface area (Å²) in [6.07, 6.45) is 2.49. The van der Waals surface area contributed by atoms with Crippen LogP contribution in [0, 0.1) is 5.92 Å². The highest BCUT2D eigenvalue weighted by Crippen LogP contribution is 2.36. The minimum atomic E-state index is -0.513. The Hall–Kier alpha value is -0.990. The molecule has 3 heterocycles. The molecule has 1 aromatic carbocycles. The van der Waals surface area contributed by atoms with Gasteiger partial charge >= 0.3 is 0 Å². The van der Waals surface area contributed by atoms with Crippen molar-refractivity contribution in [2.45, 2.75) is 30.7 Å². The number of morpholine rings is 1. The number of rotatable bonds is 6. The van der Waals surface area contributed by atoms with Gasteiger partial charge in [0.1, 0.15) is 0 Å². The third-order valence-corrected chi connectivity index (χ3v) is 7.20. The highest BCUT2D eigenvalue weighted by molar-refractivity contribution is 9.10. The molecule has 29 heavy (non-hydrogen) atoms. The third-order valence-electron chi connectivity index (χ3n) is 6.67. The molecule has 0 saturated carbocycles. The van der Waals surface area contributed by atoms with E-state index in [4.69, 9.17) is 14.2 Å². The summed E-state index contributed by atoms with van der Waals surface area (Å²) in [6.45, 7) is 6.86. The molecular weight excluding hydrogens is 436 g/mol. The summed E-state index contributed by atoms with van der Waals surface area (Å²) in [6, 6.07) is 8.48. The van der Waals surface area contributed by atoms with Crippen molar-refractivity contribution < 1.29 is 19.0 Å². The lowest BCUT2D eigenvalue weighted by Gasteiger charge is -2.40. The Morgan fingerprint density at radius 1 is 1.07 bits per heavy atom. The molecule has 3 aliphatic heterocycles. The zero-order chi connectivity index (χ0) is 20.1. The van der Waals surface area contributed by atoms with Crippen molar-refractivity contribution in [2.75, 3.05) is 59.3 Å². The van der Waals surface area contributed by atoms with Crippen LogP contribution in [0.1, 0.15) is 24.8 Å². The van der Waals surface area contributed by atoms with E-state index in [9.17, 15) is 4.79 Å². The maximum absolute atomic E-state index is 13.6. The minimum absolute atomic E-state index is 0.125. The van der Waals surface area contributed by atoms with E-state index >= 15 is 0 Å². The van der Waals surface area contributed by atoms with E-state index in [2.05, 4.69) is 38.3 Å². The lowest BCUT2D eigenvalue weighted by Crippen LogP contribution is -2.55. The number of nitrogens with zero attached hydrogens (tertiary/aromatic N) is 1. The summed E-state index contributed by atoms with van der Waals surface area (Å²) in [5, 5.41) is 3.34. The second-order valence-electron chi connectivity index (χ2n) is 8.25. The number of benzene rings is 1. The van der Waals surface area contributed by atoms with E-state index in [0.29, 0.717) is 31.7 Å².